The Labute approximate surface area is 106 Å². The fraction of sp³-hybridized carbons (Fsp3) is 0.444. The minimum absolute atomic E-state index is 0.00659. The van der Waals surface area contributed by atoms with Gasteiger partial charge in [-0.25, -0.2) is 9.97 Å². The van der Waals surface area contributed by atoms with Crippen molar-refractivity contribution in [3.05, 3.63) is 16.0 Å². The summed E-state index contributed by atoms with van der Waals surface area (Å²) in [4.78, 5) is 19.4. The highest BCUT2D eigenvalue weighted by atomic mass is 79.9. The Balaban J connectivity index is 2.14. The molecule has 5 nitrogen and oxygen atoms in total. The molecule has 1 aromatic heterocycles. The molecule has 1 atom stereocenters. The number of nitrogens with zero attached hydrogens (tertiary/aromatic N) is 2. The van der Waals surface area contributed by atoms with Crippen molar-refractivity contribution in [2.45, 2.75) is 18.9 Å². The van der Waals surface area contributed by atoms with Gasteiger partial charge in [0.2, 0.25) is 5.91 Å². The Morgan fingerprint density at radius 3 is 3.12 bits per heavy atom. The third-order valence-electron chi connectivity index (χ3n) is 2.34. The van der Waals surface area contributed by atoms with Gasteiger partial charge in [-0.15, -0.1) is 0 Å². The normalized spacial score (nSPS) is 20.4. The van der Waals surface area contributed by atoms with Gasteiger partial charge in [0.15, 0.2) is 0 Å². The van der Waals surface area contributed by atoms with Crippen LogP contribution < -0.4 is 10.6 Å². The van der Waals surface area contributed by atoms with Crippen LogP contribution >= 0.6 is 27.5 Å². The number of hydrogen-bond donors (Lipinski definition) is 2. The zero-order chi connectivity index (χ0) is 11.5. The Hall–Kier alpha value is -0.880. The lowest BCUT2D eigenvalue weighted by Crippen LogP contribution is -2.44. The van der Waals surface area contributed by atoms with Gasteiger partial charge < -0.3 is 10.6 Å². The molecule has 1 aliphatic heterocycles. The predicted octanol–water partition coefficient (Wildman–Crippen LogP) is 1.58. The van der Waals surface area contributed by atoms with Crippen molar-refractivity contribution in [3.63, 3.8) is 0 Å². The molecule has 16 heavy (non-hydrogen) atoms. The highest BCUT2D eigenvalue weighted by molar-refractivity contribution is 9.10. The smallest absolute Gasteiger partial charge is 0.242 e. The number of anilines is 1. The first-order valence-corrected chi connectivity index (χ1v) is 6.06. The minimum Gasteiger partial charge on any atom is -0.357 e. The van der Waals surface area contributed by atoms with Crippen LogP contribution in [-0.4, -0.2) is 28.5 Å². The highest BCUT2D eigenvalue weighted by Gasteiger charge is 2.23. The molecular weight excluding hydrogens is 295 g/mol. The summed E-state index contributed by atoms with van der Waals surface area (Å²) in [6.45, 7) is 0.739. The lowest BCUT2D eigenvalue weighted by atomic mass is 10.1. The van der Waals surface area contributed by atoms with Crippen LogP contribution in [0, 0.1) is 0 Å². The second-order valence-corrected chi connectivity index (χ2v) is 4.61. The van der Waals surface area contributed by atoms with E-state index in [1.165, 1.54) is 6.33 Å². The van der Waals surface area contributed by atoms with Crippen molar-refractivity contribution in [2.75, 3.05) is 11.9 Å². The summed E-state index contributed by atoms with van der Waals surface area (Å²) in [5.41, 5.74) is 0. The number of rotatable bonds is 2. The lowest BCUT2D eigenvalue weighted by Gasteiger charge is -2.23. The molecule has 0 spiro atoms. The van der Waals surface area contributed by atoms with Crippen LogP contribution in [0.5, 0.6) is 0 Å². The van der Waals surface area contributed by atoms with E-state index in [1.807, 2.05) is 0 Å². The van der Waals surface area contributed by atoms with Gasteiger partial charge in [-0.05, 0) is 28.8 Å². The molecule has 1 aromatic rings. The number of hydrogen-bond acceptors (Lipinski definition) is 4. The number of piperidine rings is 1. The van der Waals surface area contributed by atoms with Gasteiger partial charge in [-0.2, -0.15) is 0 Å². The molecule has 0 saturated carbocycles. The third-order valence-corrected chi connectivity index (χ3v) is 3.61. The molecule has 1 amide bonds. The number of carbonyl (C=O) groups excluding carboxylic acids is 1. The number of amides is 1. The first-order valence-electron chi connectivity index (χ1n) is 4.88. The van der Waals surface area contributed by atoms with Crippen molar-refractivity contribution in [1.29, 1.82) is 0 Å². The first-order chi connectivity index (χ1) is 7.68. The molecule has 0 aromatic carbocycles. The van der Waals surface area contributed by atoms with E-state index in [0.29, 0.717) is 15.4 Å². The molecule has 0 aliphatic carbocycles. The molecule has 7 heteroatoms. The summed E-state index contributed by atoms with van der Waals surface area (Å²) in [5.74, 6) is 0.537. The summed E-state index contributed by atoms with van der Waals surface area (Å²) in [5, 5.41) is 6.17. The van der Waals surface area contributed by atoms with Crippen molar-refractivity contribution < 1.29 is 4.79 Å². The maximum Gasteiger partial charge on any atom is 0.242 e. The predicted molar refractivity (Wildman–Crippen MR) is 64.4 cm³/mol. The van der Waals surface area contributed by atoms with Crippen LogP contribution in [0.25, 0.3) is 0 Å². The molecule has 1 fully saturated rings. The van der Waals surface area contributed by atoms with Crippen molar-refractivity contribution >= 4 is 39.3 Å². The average Bonchev–Trinajstić information content (AvgIpc) is 2.28. The van der Waals surface area contributed by atoms with E-state index in [1.54, 1.807) is 0 Å². The van der Waals surface area contributed by atoms with E-state index >= 15 is 0 Å². The summed E-state index contributed by atoms with van der Waals surface area (Å²) in [6.07, 6.45) is 3.11. The van der Waals surface area contributed by atoms with Crippen LogP contribution in [0.1, 0.15) is 12.8 Å². The summed E-state index contributed by atoms with van der Waals surface area (Å²) >= 11 is 9.11. The maximum atomic E-state index is 11.5. The molecule has 0 bridgehead atoms. The lowest BCUT2D eigenvalue weighted by molar-refractivity contribution is -0.123. The van der Waals surface area contributed by atoms with Gasteiger partial charge in [-0.3, -0.25) is 4.79 Å². The first kappa shape index (κ1) is 11.6. The largest absolute Gasteiger partial charge is 0.357 e. The van der Waals surface area contributed by atoms with Gasteiger partial charge in [0.25, 0.3) is 0 Å². The Kier molecular flexibility index (Phi) is 3.60. The molecule has 1 unspecified atom stereocenters. The molecule has 2 N–H and O–H groups in total. The van der Waals surface area contributed by atoms with E-state index in [-0.39, 0.29) is 11.9 Å². The van der Waals surface area contributed by atoms with Crippen LogP contribution in [0.3, 0.4) is 0 Å². The number of aromatic nitrogens is 2. The van der Waals surface area contributed by atoms with E-state index < -0.39 is 0 Å². The maximum absolute atomic E-state index is 11.5. The monoisotopic (exact) mass is 304 g/mol. The van der Waals surface area contributed by atoms with Gasteiger partial charge in [-0.1, -0.05) is 11.6 Å². The van der Waals surface area contributed by atoms with E-state index in [4.69, 9.17) is 11.6 Å². The molecule has 2 heterocycles. The van der Waals surface area contributed by atoms with Gasteiger partial charge in [0.05, 0.1) is 4.47 Å². The molecule has 1 saturated heterocycles. The van der Waals surface area contributed by atoms with Crippen molar-refractivity contribution in [1.82, 2.24) is 15.3 Å². The molecular formula is C9H10BrClN4O. The Morgan fingerprint density at radius 2 is 2.38 bits per heavy atom. The van der Waals surface area contributed by atoms with Crippen LogP contribution in [0.15, 0.2) is 10.8 Å². The molecule has 0 radical (unpaired) electrons. The highest BCUT2D eigenvalue weighted by Crippen LogP contribution is 2.27. The summed E-state index contributed by atoms with van der Waals surface area (Å²) < 4.78 is 0.579. The van der Waals surface area contributed by atoms with Crippen LogP contribution in [0.2, 0.25) is 5.15 Å². The van der Waals surface area contributed by atoms with Crippen molar-refractivity contribution in [3.8, 4) is 0 Å². The minimum atomic E-state index is -0.254. The SMILES string of the molecule is O=C1NCCCC1Nc1ncnc(Cl)c1Br. The standard InChI is InChI=1S/C9H10BrClN4O/c10-6-7(11)13-4-14-8(6)15-5-2-1-3-12-9(5)16/h4-5H,1-3H2,(H,12,16)(H,13,14,15). The quantitative estimate of drug-likeness (QED) is 0.814. The van der Waals surface area contributed by atoms with Gasteiger partial charge in [0, 0.05) is 6.54 Å². The van der Waals surface area contributed by atoms with Crippen molar-refractivity contribution in [2.24, 2.45) is 0 Å². The number of carbonyl (C=O) groups is 1. The molecule has 2 rings (SSSR count). The van der Waals surface area contributed by atoms with E-state index in [2.05, 4.69) is 36.5 Å². The van der Waals surface area contributed by atoms with Crippen LogP contribution in [-0.2, 0) is 4.79 Å². The average molecular weight is 306 g/mol. The fourth-order valence-corrected chi connectivity index (χ4v) is 1.98. The van der Waals surface area contributed by atoms with Gasteiger partial charge >= 0.3 is 0 Å². The summed E-state index contributed by atoms with van der Waals surface area (Å²) in [7, 11) is 0. The number of nitrogens with one attached hydrogen (secondary N) is 2. The summed E-state index contributed by atoms with van der Waals surface area (Å²) in [6, 6.07) is -0.254. The Bertz CT molecular complexity index is 414. The Morgan fingerprint density at radius 1 is 1.56 bits per heavy atom. The van der Waals surface area contributed by atoms with Gasteiger partial charge in [0.1, 0.15) is 23.3 Å². The topological polar surface area (TPSA) is 66.9 Å². The molecule has 86 valence electrons. The van der Waals surface area contributed by atoms with E-state index in [0.717, 1.165) is 19.4 Å². The van der Waals surface area contributed by atoms with Crippen LogP contribution in [0.4, 0.5) is 5.82 Å². The molecule has 1 aliphatic rings. The zero-order valence-electron chi connectivity index (χ0n) is 8.33. The second-order valence-electron chi connectivity index (χ2n) is 3.46. The fourth-order valence-electron chi connectivity index (χ4n) is 1.52. The second kappa shape index (κ2) is 4.97. The van der Waals surface area contributed by atoms with E-state index in [9.17, 15) is 4.79 Å². The number of halogens is 2. The zero-order valence-corrected chi connectivity index (χ0v) is 10.7. The third kappa shape index (κ3) is 2.44.